The summed E-state index contributed by atoms with van der Waals surface area (Å²) >= 11 is 0. The molecule has 0 aromatic carbocycles. The molecule has 0 aliphatic rings. The summed E-state index contributed by atoms with van der Waals surface area (Å²) in [6.07, 6.45) is 10.3. The van der Waals surface area contributed by atoms with Crippen molar-refractivity contribution in [2.75, 3.05) is 7.05 Å². The molecular formula is C10H17N. The second-order valence-electron chi connectivity index (χ2n) is 2.31. The maximum atomic E-state index is 3.86. The van der Waals surface area contributed by atoms with Crippen molar-refractivity contribution >= 4 is 6.21 Å². The third-order valence-corrected chi connectivity index (χ3v) is 1.42. The van der Waals surface area contributed by atoms with Gasteiger partial charge in [-0.25, -0.2) is 0 Å². The van der Waals surface area contributed by atoms with E-state index in [0.717, 1.165) is 12.8 Å². The lowest BCUT2D eigenvalue weighted by atomic mass is 10.1. The van der Waals surface area contributed by atoms with Crippen LogP contribution in [0.3, 0.4) is 0 Å². The number of nitrogens with zero attached hydrogens (tertiary/aromatic N) is 1. The van der Waals surface area contributed by atoms with Gasteiger partial charge in [0.15, 0.2) is 0 Å². The Morgan fingerprint density at radius 2 is 2.09 bits per heavy atom. The third kappa shape index (κ3) is 5.59. The SMILES string of the molecule is CC/C=C(/C=C\C=N/C)CC. The molecule has 0 saturated carbocycles. The fourth-order valence-corrected chi connectivity index (χ4v) is 0.845. The van der Waals surface area contributed by atoms with E-state index in [1.807, 2.05) is 6.08 Å². The van der Waals surface area contributed by atoms with Crippen LogP contribution in [0.25, 0.3) is 0 Å². The van der Waals surface area contributed by atoms with Crippen molar-refractivity contribution in [3.8, 4) is 0 Å². The van der Waals surface area contributed by atoms with Gasteiger partial charge in [-0.1, -0.05) is 31.6 Å². The van der Waals surface area contributed by atoms with Gasteiger partial charge in [-0.2, -0.15) is 0 Å². The number of rotatable bonds is 4. The van der Waals surface area contributed by atoms with Crippen LogP contribution in [0.15, 0.2) is 28.8 Å². The van der Waals surface area contributed by atoms with Gasteiger partial charge >= 0.3 is 0 Å². The van der Waals surface area contributed by atoms with E-state index in [0.29, 0.717) is 0 Å². The zero-order valence-corrected chi connectivity index (χ0v) is 7.67. The van der Waals surface area contributed by atoms with Crippen LogP contribution in [0.4, 0.5) is 0 Å². The van der Waals surface area contributed by atoms with Gasteiger partial charge in [0.1, 0.15) is 0 Å². The third-order valence-electron chi connectivity index (χ3n) is 1.42. The Morgan fingerprint density at radius 1 is 1.36 bits per heavy atom. The normalized spacial score (nSPS) is 13.5. The van der Waals surface area contributed by atoms with Crippen molar-refractivity contribution in [1.82, 2.24) is 0 Å². The van der Waals surface area contributed by atoms with E-state index in [9.17, 15) is 0 Å². The number of allylic oxidation sites excluding steroid dienone is 4. The zero-order chi connectivity index (χ0) is 8.53. The van der Waals surface area contributed by atoms with Gasteiger partial charge in [0.2, 0.25) is 0 Å². The molecular weight excluding hydrogens is 134 g/mol. The maximum absolute atomic E-state index is 3.86. The minimum absolute atomic E-state index is 1.10. The summed E-state index contributed by atoms with van der Waals surface area (Å²) in [6, 6.07) is 0. The van der Waals surface area contributed by atoms with Gasteiger partial charge in [-0.3, -0.25) is 4.99 Å². The monoisotopic (exact) mass is 151 g/mol. The van der Waals surface area contributed by atoms with Crippen LogP contribution in [0, 0.1) is 0 Å². The van der Waals surface area contributed by atoms with Gasteiger partial charge in [-0.15, -0.1) is 0 Å². The molecule has 1 heteroatoms. The van der Waals surface area contributed by atoms with E-state index in [4.69, 9.17) is 0 Å². The molecule has 1 nitrogen and oxygen atoms in total. The molecule has 0 amide bonds. The quantitative estimate of drug-likeness (QED) is 0.432. The van der Waals surface area contributed by atoms with Gasteiger partial charge < -0.3 is 0 Å². The first-order chi connectivity index (χ1) is 5.35. The smallest absolute Gasteiger partial charge is 0.0277 e. The van der Waals surface area contributed by atoms with E-state index in [2.05, 4.69) is 31.0 Å². The summed E-state index contributed by atoms with van der Waals surface area (Å²) in [5.41, 5.74) is 1.38. The lowest BCUT2D eigenvalue weighted by Crippen LogP contribution is -1.74. The number of hydrogen-bond acceptors (Lipinski definition) is 1. The van der Waals surface area contributed by atoms with E-state index in [1.165, 1.54) is 5.57 Å². The van der Waals surface area contributed by atoms with Crippen LogP contribution < -0.4 is 0 Å². The first kappa shape index (κ1) is 10.2. The fourth-order valence-electron chi connectivity index (χ4n) is 0.845. The number of hydrogen-bond donors (Lipinski definition) is 0. The van der Waals surface area contributed by atoms with Crippen molar-refractivity contribution in [2.24, 2.45) is 4.99 Å². The first-order valence-electron chi connectivity index (χ1n) is 4.13. The Bertz CT molecular complexity index is 164. The van der Waals surface area contributed by atoms with E-state index in [-0.39, 0.29) is 0 Å². The highest BCUT2D eigenvalue weighted by Gasteiger charge is 1.83. The minimum Gasteiger partial charge on any atom is -0.297 e. The second kappa shape index (κ2) is 7.26. The van der Waals surface area contributed by atoms with Crippen LogP contribution in [-0.2, 0) is 0 Å². The molecule has 0 aliphatic carbocycles. The summed E-state index contributed by atoms with van der Waals surface area (Å²) in [5, 5.41) is 0. The molecule has 0 aliphatic heterocycles. The van der Waals surface area contributed by atoms with Crippen molar-refractivity contribution in [1.29, 1.82) is 0 Å². The summed E-state index contributed by atoms with van der Waals surface area (Å²) in [4.78, 5) is 3.86. The van der Waals surface area contributed by atoms with Crippen LogP contribution >= 0.6 is 0 Å². The Labute approximate surface area is 69.5 Å². The lowest BCUT2D eigenvalue weighted by Gasteiger charge is -1.93. The Kier molecular flexibility index (Phi) is 6.70. The second-order valence-corrected chi connectivity index (χ2v) is 2.31. The van der Waals surface area contributed by atoms with E-state index in [1.54, 1.807) is 13.3 Å². The summed E-state index contributed by atoms with van der Waals surface area (Å²) in [5.74, 6) is 0. The topological polar surface area (TPSA) is 12.4 Å². The molecule has 0 N–H and O–H groups in total. The minimum atomic E-state index is 1.10. The molecule has 62 valence electrons. The molecule has 0 rings (SSSR count). The van der Waals surface area contributed by atoms with Crippen LogP contribution in [0.1, 0.15) is 26.7 Å². The molecule has 11 heavy (non-hydrogen) atoms. The van der Waals surface area contributed by atoms with Gasteiger partial charge in [0.05, 0.1) is 0 Å². The van der Waals surface area contributed by atoms with Crippen molar-refractivity contribution in [3.05, 3.63) is 23.8 Å². The van der Waals surface area contributed by atoms with Crippen LogP contribution in [-0.4, -0.2) is 13.3 Å². The van der Waals surface area contributed by atoms with E-state index >= 15 is 0 Å². The van der Waals surface area contributed by atoms with Gasteiger partial charge in [0, 0.05) is 13.3 Å². The first-order valence-corrected chi connectivity index (χ1v) is 4.13. The highest BCUT2D eigenvalue weighted by molar-refractivity contribution is 5.71. The fraction of sp³-hybridized carbons (Fsp3) is 0.500. The lowest BCUT2D eigenvalue weighted by molar-refractivity contribution is 1.10. The highest BCUT2D eigenvalue weighted by atomic mass is 14.6. The molecule has 0 aromatic rings. The molecule has 0 heterocycles. The predicted molar refractivity (Wildman–Crippen MR) is 52.2 cm³/mol. The highest BCUT2D eigenvalue weighted by Crippen LogP contribution is 2.02. The van der Waals surface area contributed by atoms with Crippen LogP contribution in [0.5, 0.6) is 0 Å². The largest absolute Gasteiger partial charge is 0.297 e. The van der Waals surface area contributed by atoms with Crippen LogP contribution in [0.2, 0.25) is 0 Å². The summed E-state index contributed by atoms with van der Waals surface area (Å²) in [7, 11) is 1.78. The Morgan fingerprint density at radius 3 is 2.55 bits per heavy atom. The van der Waals surface area contributed by atoms with Gasteiger partial charge in [0.25, 0.3) is 0 Å². The molecule has 0 unspecified atom stereocenters. The summed E-state index contributed by atoms with van der Waals surface area (Å²) in [6.45, 7) is 4.31. The molecule has 0 aromatic heterocycles. The van der Waals surface area contributed by atoms with Gasteiger partial charge in [-0.05, 0) is 18.9 Å². The standard InChI is InChI=1S/C10H17N/c1-4-7-10(5-2)8-6-9-11-3/h6-9H,4-5H2,1-3H3/b8-6-,10-7+,11-9-. The molecule has 0 bridgehead atoms. The van der Waals surface area contributed by atoms with E-state index < -0.39 is 0 Å². The van der Waals surface area contributed by atoms with Crippen molar-refractivity contribution in [3.63, 3.8) is 0 Å². The predicted octanol–water partition coefficient (Wildman–Crippen LogP) is 2.99. The molecule has 0 atom stereocenters. The van der Waals surface area contributed by atoms with Crippen molar-refractivity contribution in [2.45, 2.75) is 26.7 Å². The molecule has 0 saturated heterocycles. The summed E-state index contributed by atoms with van der Waals surface area (Å²) < 4.78 is 0. The molecule has 0 spiro atoms. The average Bonchev–Trinajstić information content (AvgIpc) is 2.03. The Hall–Kier alpha value is -0.850. The molecule has 0 fully saturated rings. The zero-order valence-electron chi connectivity index (χ0n) is 7.67. The number of aliphatic imine (C=N–C) groups is 1. The average molecular weight is 151 g/mol. The molecule has 0 radical (unpaired) electrons. The maximum Gasteiger partial charge on any atom is 0.0277 e. The Balaban J connectivity index is 3.96. The van der Waals surface area contributed by atoms with Crippen molar-refractivity contribution < 1.29 is 0 Å².